The fourth-order valence-electron chi connectivity index (χ4n) is 4.62. The Hall–Kier alpha value is -2.94. The molecule has 2 aliphatic heterocycles. The van der Waals surface area contributed by atoms with Crippen molar-refractivity contribution in [2.75, 3.05) is 52.5 Å². The van der Waals surface area contributed by atoms with Gasteiger partial charge in [-0.1, -0.05) is 35.9 Å². The smallest absolute Gasteiger partial charge is 0.317 e. The van der Waals surface area contributed by atoms with Gasteiger partial charge in [0.05, 0.1) is 25.0 Å². The molecule has 0 unspecified atom stereocenters. The van der Waals surface area contributed by atoms with Crippen LogP contribution in [-0.4, -0.2) is 84.9 Å². The maximum atomic E-state index is 13.7. The number of aryl methyl sites for hydroxylation is 2. The molecule has 2 aromatic carbocycles. The second-order valence-electron chi connectivity index (χ2n) is 9.57. The van der Waals surface area contributed by atoms with Crippen LogP contribution in [0.25, 0.3) is 0 Å². The van der Waals surface area contributed by atoms with Gasteiger partial charge in [-0.05, 0) is 61.2 Å². The maximum Gasteiger partial charge on any atom is 0.317 e. The van der Waals surface area contributed by atoms with Crippen molar-refractivity contribution in [1.82, 2.24) is 20.1 Å². The largest absolute Gasteiger partial charge is 0.379 e. The molecule has 8 nitrogen and oxygen atoms in total. The third kappa shape index (κ3) is 6.89. The minimum absolute atomic E-state index is 0.0516. The van der Waals surface area contributed by atoms with Crippen LogP contribution < -0.4 is 5.32 Å². The zero-order valence-corrected chi connectivity index (χ0v) is 22.6. The zero-order valence-electron chi connectivity index (χ0n) is 21.9. The molecule has 1 N–H and O–H groups in total. The van der Waals surface area contributed by atoms with Gasteiger partial charge in [0, 0.05) is 44.2 Å². The molecule has 0 saturated carbocycles. The zero-order chi connectivity index (χ0) is 26.4. The van der Waals surface area contributed by atoms with Crippen molar-refractivity contribution in [3.05, 3.63) is 69.7 Å². The van der Waals surface area contributed by atoms with E-state index in [2.05, 4.69) is 42.3 Å². The van der Waals surface area contributed by atoms with Crippen molar-refractivity contribution < 1.29 is 14.3 Å². The SMILES string of the molecule is CCNC(=O)N(CCN1CCOCC1)CC(=O)N1N=C(c2ccc(C)c(C)c2)C[C@H]1c1ccc(Cl)cc1. The third-order valence-corrected chi connectivity index (χ3v) is 7.24. The summed E-state index contributed by atoms with van der Waals surface area (Å²) in [5.74, 6) is -0.216. The van der Waals surface area contributed by atoms with E-state index in [1.165, 1.54) is 11.1 Å². The minimum atomic E-state index is -0.267. The average Bonchev–Trinajstić information content (AvgIpc) is 3.35. The summed E-state index contributed by atoms with van der Waals surface area (Å²) in [4.78, 5) is 30.4. The van der Waals surface area contributed by atoms with Crippen molar-refractivity contribution in [2.24, 2.45) is 5.10 Å². The monoisotopic (exact) mass is 525 g/mol. The highest BCUT2D eigenvalue weighted by atomic mass is 35.5. The molecule has 37 heavy (non-hydrogen) atoms. The van der Waals surface area contributed by atoms with Gasteiger partial charge in [0.1, 0.15) is 6.54 Å². The lowest BCUT2D eigenvalue weighted by atomic mass is 9.96. The van der Waals surface area contributed by atoms with Gasteiger partial charge in [-0.25, -0.2) is 9.80 Å². The summed E-state index contributed by atoms with van der Waals surface area (Å²) >= 11 is 6.13. The molecule has 0 radical (unpaired) electrons. The molecule has 2 aromatic rings. The number of halogens is 1. The van der Waals surface area contributed by atoms with Crippen molar-refractivity contribution in [3.8, 4) is 0 Å². The Labute approximate surface area is 224 Å². The Morgan fingerprint density at radius 2 is 1.84 bits per heavy atom. The number of hydrazone groups is 1. The van der Waals surface area contributed by atoms with Crippen molar-refractivity contribution in [1.29, 1.82) is 0 Å². The molecule has 2 heterocycles. The predicted octanol–water partition coefficient (Wildman–Crippen LogP) is 4.00. The highest BCUT2D eigenvalue weighted by molar-refractivity contribution is 6.30. The van der Waals surface area contributed by atoms with E-state index in [0.29, 0.717) is 44.3 Å². The second kappa shape index (κ2) is 12.5. The van der Waals surface area contributed by atoms with Crippen LogP contribution in [-0.2, 0) is 9.53 Å². The highest BCUT2D eigenvalue weighted by Gasteiger charge is 2.34. The first-order valence-electron chi connectivity index (χ1n) is 12.9. The van der Waals surface area contributed by atoms with Gasteiger partial charge in [-0.2, -0.15) is 5.10 Å². The molecular formula is C28H36ClN5O3. The molecule has 1 atom stereocenters. The van der Waals surface area contributed by atoms with E-state index in [1.807, 2.05) is 31.2 Å². The Kier molecular flexibility index (Phi) is 9.18. The Morgan fingerprint density at radius 3 is 2.51 bits per heavy atom. The van der Waals surface area contributed by atoms with Crippen LogP contribution in [0.1, 0.15) is 41.6 Å². The summed E-state index contributed by atoms with van der Waals surface area (Å²) in [6.45, 7) is 10.6. The number of urea groups is 1. The van der Waals surface area contributed by atoms with E-state index in [1.54, 1.807) is 9.91 Å². The summed E-state index contributed by atoms with van der Waals surface area (Å²) in [5.41, 5.74) is 5.21. The van der Waals surface area contributed by atoms with Crippen LogP contribution in [0.15, 0.2) is 47.6 Å². The Morgan fingerprint density at radius 1 is 1.11 bits per heavy atom. The molecule has 9 heteroatoms. The van der Waals surface area contributed by atoms with E-state index in [-0.39, 0.29) is 24.5 Å². The molecule has 198 valence electrons. The molecule has 2 aliphatic rings. The van der Waals surface area contributed by atoms with Crippen LogP contribution in [0, 0.1) is 13.8 Å². The number of hydrogen-bond acceptors (Lipinski definition) is 5. The normalized spacial score (nSPS) is 18.0. The molecule has 3 amide bonds. The lowest BCUT2D eigenvalue weighted by Gasteiger charge is -2.31. The van der Waals surface area contributed by atoms with Gasteiger partial charge in [0.15, 0.2) is 0 Å². The summed E-state index contributed by atoms with van der Waals surface area (Å²) in [6, 6.07) is 13.3. The first kappa shape index (κ1) is 27.1. The Bertz CT molecular complexity index is 1130. The van der Waals surface area contributed by atoms with Gasteiger partial charge in [-0.15, -0.1) is 0 Å². The number of nitrogens with one attached hydrogen (secondary N) is 1. The van der Waals surface area contributed by atoms with E-state index in [4.69, 9.17) is 21.4 Å². The summed E-state index contributed by atoms with van der Waals surface area (Å²) in [5, 5.41) is 9.84. The molecule has 0 bridgehead atoms. The molecule has 0 spiro atoms. The molecule has 0 aromatic heterocycles. The summed E-state index contributed by atoms with van der Waals surface area (Å²) < 4.78 is 5.43. The predicted molar refractivity (Wildman–Crippen MR) is 146 cm³/mol. The topological polar surface area (TPSA) is 77.5 Å². The molecule has 4 rings (SSSR count). The lowest BCUT2D eigenvalue weighted by Crippen LogP contribution is -2.49. The van der Waals surface area contributed by atoms with Crippen LogP contribution >= 0.6 is 11.6 Å². The van der Waals surface area contributed by atoms with Crippen LogP contribution in [0.2, 0.25) is 5.02 Å². The van der Waals surface area contributed by atoms with Gasteiger partial charge in [0.2, 0.25) is 0 Å². The van der Waals surface area contributed by atoms with Crippen LogP contribution in [0.4, 0.5) is 4.79 Å². The number of carbonyl (C=O) groups is 2. The van der Waals surface area contributed by atoms with Crippen LogP contribution in [0.5, 0.6) is 0 Å². The number of amides is 3. The number of ether oxygens (including phenoxy) is 1. The van der Waals surface area contributed by atoms with E-state index < -0.39 is 0 Å². The molecular weight excluding hydrogens is 490 g/mol. The van der Waals surface area contributed by atoms with E-state index in [0.717, 1.165) is 29.9 Å². The highest BCUT2D eigenvalue weighted by Crippen LogP contribution is 2.34. The first-order valence-corrected chi connectivity index (χ1v) is 13.3. The molecule has 1 fully saturated rings. The molecule has 1 saturated heterocycles. The fraction of sp³-hybridized carbons (Fsp3) is 0.464. The van der Waals surface area contributed by atoms with E-state index >= 15 is 0 Å². The van der Waals surface area contributed by atoms with Crippen molar-refractivity contribution >= 4 is 29.3 Å². The van der Waals surface area contributed by atoms with Gasteiger partial charge in [-0.3, -0.25) is 9.69 Å². The summed E-state index contributed by atoms with van der Waals surface area (Å²) in [7, 11) is 0. The lowest BCUT2D eigenvalue weighted by molar-refractivity contribution is -0.133. The number of rotatable bonds is 8. The van der Waals surface area contributed by atoms with Gasteiger partial charge >= 0.3 is 6.03 Å². The van der Waals surface area contributed by atoms with Gasteiger partial charge < -0.3 is 15.0 Å². The Balaban J connectivity index is 1.56. The van der Waals surface area contributed by atoms with Gasteiger partial charge in [0.25, 0.3) is 5.91 Å². The van der Waals surface area contributed by atoms with E-state index in [9.17, 15) is 9.59 Å². The summed E-state index contributed by atoms with van der Waals surface area (Å²) in [6.07, 6.45) is 0.588. The first-order chi connectivity index (χ1) is 17.9. The third-order valence-electron chi connectivity index (χ3n) is 6.99. The standard InChI is InChI=1S/C28H36ClN5O3/c1-4-30-28(36)33(12-11-32-13-15-37-16-14-32)19-27(35)34-26(22-7-9-24(29)10-8-22)18-25(31-34)23-6-5-20(2)21(3)17-23/h5-10,17,26H,4,11-16,18-19H2,1-3H3,(H,30,36)/t26-/m0/s1. The van der Waals surface area contributed by atoms with Crippen molar-refractivity contribution in [2.45, 2.75) is 33.2 Å². The fourth-order valence-corrected chi connectivity index (χ4v) is 4.74. The van der Waals surface area contributed by atoms with Crippen LogP contribution in [0.3, 0.4) is 0 Å². The number of hydrogen-bond donors (Lipinski definition) is 1. The number of nitrogens with zero attached hydrogens (tertiary/aromatic N) is 4. The maximum absolute atomic E-state index is 13.7. The number of morpholine rings is 1. The second-order valence-corrected chi connectivity index (χ2v) is 10.0. The number of benzene rings is 2. The molecule has 0 aliphatic carbocycles. The average molecular weight is 526 g/mol. The number of carbonyl (C=O) groups excluding carboxylic acids is 2. The minimum Gasteiger partial charge on any atom is -0.379 e. The quantitative estimate of drug-likeness (QED) is 0.565. The van der Waals surface area contributed by atoms with Crippen molar-refractivity contribution in [3.63, 3.8) is 0 Å².